The fraction of sp³-hybridized carbons (Fsp3) is 0.550. The van der Waals surface area contributed by atoms with Gasteiger partial charge in [0.2, 0.25) is 0 Å². The van der Waals surface area contributed by atoms with E-state index in [4.69, 9.17) is 4.74 Å². The zero-order valence-electron chi connectivity index (χ0n) is 16.9. The zero-order chi connectivity index (χ0) is 20.1. The van der Waals surface area contributed by atoms with Gasteiger partial charge in [-0.15, -0.1) is 0 Å². The van der Waals surface area contributed by atoms with Gasteiger partial charge in [-0.2, -0.15) is 5.10 Å². The molecule has 1 aliphatic rings. The van der Waals surface area contributed by atoms with E-state index in [1.54, 1.807) is 17.7 Å². The van der Waals surface area contributed by atoms with Crippen LogP contribution in [0.2, 0.25) is 0 Å². The lowest BCUT2D eigenvalue weighted by molar-refractivity contribution is 0.0362. The molecule has 1 saturated heterocycles. The van der Waals surface area contributed by atoms with E-state index >= 15 is 0 Å². The minimum Gasteiger partial charge on any atom is -0.379 e. The Morgan fingerprint density at radius 1 is 1.18 bits per heavy atom. The molecular weight excluding hydrogens is 358 g/mol. The Balaban J connectivity index is 1.62. The van der Waals surface area contributed by atoms with E-state index in [0.29, 0.717) is 25.2 Å². The molecule has 0 radical (unpaired) electrons. The average molecular weight is 387 g/mol. The van der Waals surface area contributed by atoms with E-state index in [2.05, 4.69) is 15.3 Å². The van der Waals surface area contributed by atoms with Gasteiger partial charge in [0.15, 0.2) is 0 Å². The third-order valence-corrected chi connectivity index (χ3v) is 5.07. The summed E-state index contributed by atoms with van der Waals surface area (Å²) in [6.07, 6.45) is 1.77. The second-order valence-corrected chi connectivity index (χ2v) is 7.23. The summed E-state index contributed by atoms with van der Waals surface area (Å²) in [6.45, 7) is 11.2. The van der Waals surface area contributed by atoms with Crippen LogP contribution in [0.1, 0.15) is 27.3 Å². The number of ether oxygens (including phenoxy) is 1. The average Bonchev–Trinajstić information content (AvgIpc) is 2.99. The highest BCUT2D eigenvalue weighted by molar-refractivity contribution is 5.95. The zero-order valence-corrected chi connectivity index (χ0v) is 16.9. The SMILES string of the molecule is Cc1cc(C)n(CCNC(=O)c2c(C)ccn(CCN3CCOCC3)c2=O)n1. The summed E-state index contributed by atoms with van der Waals surface area (Å²) >= 11 is 0. The van der Waals surface area contributed by atoms with E-state index in [1.165, 1.54) is 0 Å². The van der Waals surface area contributed by atoms with E-state index < -0.39 is 0 Å². The molecule has 1 N–H and O–H groups in total. The molecule has 3 heterocycles. The number of amides is 1. The molecular formula is C20H29N5O3. The number of morpholine rings is 1. The molecule has 152 valence electrons. The van der Waals surface area contributed by atoms with Crippen LogP contribution in [-0.2, 0) is 17.8 Å². The lowest BCUT2D eigenvalue weighted by atomic mass is 10.1. The van der Waals surface area contributed by atoms with Crippen LogP contribution < -0.4 is 10.9 Å². The van der Waals surface area contributed by atoms with E-state index in [-0.39, 0.29) is 17.0 Å². The van der Waals surface area contributed by atoms with Crippen LogP contribution in [0.5, 0.6) is 0 Å². The number of aromatic nitrogens is 3. The molecule has 2 aromatic heterocycles. The third-order valence-electron chi connectivity index (χ3n) is 5.07. The highest BCUT2D eigenvalue weighted by Crippen LogP contribution is 2.04. The monoisotopic (exact) mass is 387 g/mol. The second-order valence-electron chi connectivity index (χ2n) is 7.23. The fourth-order valence-electron chi connectivity index (χ4n) is 3.46. The van der Waals surface area contributed by atoms with Crippen LogP contribution in [0.25, 0.3) is 0 Å². The molecule has 1 amide bonds. The summed E-state index contributed by atoms with van der Waals surface area (Å²) in [5.41, 5.74) is 2.67. The fourth-order valence-corrected chi connectivity index (χ4v) is 3.46. The molecule has 8 nitrogen and oxygen atoms in total. The van der Waals surface area contributed by atoms with Crippen molar-refractivity contribution in [3.63, 3.8) is 0 Å². The highest BCUT2D eigenvalue weighted by Gasteiger charge is 2.17. The molecule has 3 rings (SSSR count). The largest absolute Gasteiger partial charge is 0.379 e. The first kappa shape index (κ1) is 20.3. The van der Waals surface area contributed by atoms with Crippen LogP contribution >= 0.6 is 0 Å². The van der Waals surface area contributed by atoms with Crippen molar-refractivity contribution < 1.29 is 9.53 Å². The number of nitrogens with zero attached hydrogens (tertiary/aromatic N) is 4. The molecule has 0 aliphatic carbocycles. The number of carbonyl (C=O) groups is 1. The van der Waals surface area contributed by atoms with E-state index in [9.17, 15) is 9.59 Å². The molecule has 1 fully saturated rings. The first-order valence-electron chi connectivity index (χ1n) is 9.75. The van der Waals surface area contributed by atoms with E-state index in [1.807, 2.05) is 30.7 Å². The number of pyridine rings is 1. The van der Waals surface area contributed by atoms with Crippen LogP contribution in [0.3, 0.4) is 0 Å². The Morgan fingerprint density at radius 3 is 2.61 bits per heavy atom. The van der Waals surface area contributed by atoms with Crippen molar-refractivity contribution in [1.29, 1.82) is 0 Å². The van der Waals surface area contributed by atoms with Crippen molar-refractivity contribution in [2.75, 3.05) is 39.4 Å². The Morgan fingerprint density at radius 2 is 1.93 bits per heavy atom. The number of hydrogen-bond acceptors (Lipinski definition) is 5. The predicted octanol–water partition coefficient (Wildman–Crippen LogP) is 0.732. The van der Waals surface area contributed by atoms with Crippen LogP contribution in [-0.4, -0.2) is 64.5 Å². The molecule has 28 heavy (non-hydrogen) atoms. The maximum absolute atomic E-state index is 12.8. The van der Waals surface area contributed by atoms with Gasteiger partial charge in [0.05, 0.1) is 25.5 Å². The first-order chi connectivity index (χ1) is 13.5. The van der Waals surface area contributed by atoms with Crippen molar-refractivity contribution in [3.05, 3.63) is 51.2 Å². The minimum atomic E-state index is -0.329. The van der Waals surface area contributed by atoms with Gasteiger partial charge in [0.1, 0.15) is 5.56 Å². The van der Waals surface area contributed by atoms with Gasteiger partial charge in [-0.25, -0.2) is 0 Å². The van der Waals surface area contributed by atoms with Gasteiger partial charge in [-0.1, -0.05) is 0 Å². The van der Waals surface area contributed by atoms with Gasteiger partial charge in [-0.05, 0) is 38.5 Å². The summed E-state index contributed by atoms with van der Waals surface area (Å²) < 4.78 is 8.83. The molecule has 8 heteroatoms. The molecule has 0 aromatic carbocycles. The quantitative estimate of drug-likeness (QED) is 0.758. The molecule has 1 aliphatic heterocycles. The summed E-state index contributed by atoms with van der Waals surface area (Å²) in [4.78, 5) is 27.7. The molecule has 0 unspecified atom stereocenters. The number of carbonyl (C=O) groups excluding carboxylic acids is 1. The Bertz CT molecular complexity index is 880. The van der Waals surface area contributed by atoms with Crippen molar-refractivity contribution >= 4 is 5.91 Å². The number of hydrogen-bond donors (Lipinski definition) is 1. The summed E-state index contributed by atoms with van der Waals surface area (Å²) in [5.74, 6) is -0.329. The summed E-state index contributed by atoms with van der Waals surface area (Å²) in [6, 6.07) is 3.83. The summed E-state index contributed by atoms with van der Waals surface area (Å²) in [7, 11) is 0. The Kier molecular flexibility index (Phi) is 6.64. The Labute approximate surface area is 165 Å². The number of rotatable bonds is 7. The van der Waals surface area contributed by atoms with Crippen molar-refractivity contribution in [2.45, 2.75) is 33.9 Å². The topological polar surface area (TPSA) is 81.4 Å². The van der Waals surface area contributed by atoms with Crippen LogP contribution in [0, 0.1) is 20.8 Å². The van der Waals surface area contributed by atoms with Crippen molar-refractivity contribution in [3.8, 4) is 0 Å². The maximum Gasteiger partial charge on any atom is 0.263 e. The lowest BCUT2D eigenvalue weighted by Crippen LogP contribution is -2.40. The molecule has 0 spiro atoms. The van der Waals surface area contributed by atoms with Gasteiger partial charge in [0, 0.05) is 44.6 Å². The Hall–Kier alpha value is -2.45. The van der Waals surface area contributed by atoms with Crippen LogP contribution in [0.4, 0.5) is 0 Å². The van der Waals surface area contributed by atoms with Gasteiger partial charge < -0.3 is 14.6 Å². The second kappa shape index (κ2) is 9.16. The van der Waals surface area contributed by atoms with Gasteiger partial charge in [0.25, 0.3) is 11.5 Å². The normalized spacial score (nSPS) is 15.0. The predicted molar refractivity (Wildman–Crippen MR) is 107 cm³/mol. The van der Waals surface area contributed by atoms with Crippen LogP contribution in [0.15, 0.2) is 23.1 Å². The number of aryl methyl sites for hydroxylation is 3. The van der Waals surface area contributed by atoms with Gasteiger partial charge in [-0.3, -0.25) is 19.2 Å². The summed E-state index contributed by atoms with van der Waals surface area (Å²) in [5, 5.41) is 7.24. The first-order valence-corrected chi connectivity index (χ1v) is 9.75. The van der Waals surface area contributed by atoms with Crippen molar-refractivity contribution in [2.24, 2.45) is 0 Å². The third kappa shape index (κ3) is 4.88. The number of nitrogens with one attached hydrogen (secondary N) is 1. The smallest absolute Gasteiger partial charge is 0.263 e. The molecule has 0 bridgehead atoms. The standard InChI is InChI=1S/C20H29N5O3/c1-15-4-6-24(9-8-23-10-12-28-13-11-23)20(27)18(15)19(26)21-5-7-25-17(3)14-16(2)22-25/h4,6,14H,5,7-13H2,1-3H3,(H,21,26). The molecule has 0 saturated carbocycles. The van der Waals surface area contributed by atoms with Gasteiger partial charge >= 0.3 is 0 Å². The maximum atomic E-state index is 12.8. The molecule has 2 aromatic rings. The molecule has 0 atom stereocenters. The van der Waals surface area contributed by atoms with Crippen molar-refractivity contribution in [1.82, 2.24) is 24.6 Å². The van der Waals surface area contributed by atoms with E-state index in [0.717, 1.165) is 44.2 Å². The highest BCUT2D eigenvalue weighted by atomic mass is 16.5. The lowest BCUT2D eigenvalue weighted by Gasteiger charge is -2.26. The minimum absolute atomic E-state index is 0.220.